The van der Waals surface area contributed by atoms with Crippen LogP contribution in [0.4, 0.5) is 5.13 Å². The predicted molar refractivity (Wildman–Crippen MR) is 177 cm³/mol. The number of nitrogen functional groups attached to an aromatic ring is 1. The van der Waals surface area contributed by atoms with Gasteiger partial charge >= 0.3 is 16.4 Å². The van der Waals surface area contributed by atoms with Crippen LogP contribution < -0.4 is 27.1 Å². The molecule has 0 radical (unpaired) electrons. The van der Waals surface area contributed by atoms with E-state index in [2.05, 4.69) is 19.7 Å². The van der Waals surface area contributed by atoms with Crippen LogP contribution in [0.3, 0.4) is 0 Å². The SMILES string of the molecule is Cn1cc(-c2ccc3c(c2)CCC([C@@](C)(O/N=C(\C(=O)NC2C(=O)N(OS(=O)(=O)O)C2(C)C)c2csc(N)n2)C(=O)O)O3)n(CCCN)c1=N. The Hall–Kier alpha value is -4.83. The number of aliphatic carboxylic acids is 1. The van der Waals surface area contributed by atoms with Crippen LogP contribution >= 0.6 is 11.3 Å². The molecule has 2 amide bonds. The van der Waals surface area contributed by atoms with Crippen LogP contribution in [0.25, 0.3) is 11.3 Å². The number of ether oxygens (including phenoxy) is 1. The van der Waals surface area contributed by atoms with E-state index in [1.807, 2.05) is 22.9 Å². The van der Waals surface area contributed by atoms with Crippen molar-refractivity contribution < 1.29 is 46.3 Å². The van der Waals surface area contributed by atoms with E-state index in [0.29, 0.717) is 42.4 Å². The Balaban J connectivity index is 1.38. The van der Waals surface area contributed by atoms with Gasteiger partial charge in [0.05, 0.1) is 11.2 Å². The summed E-state index contributed by atoms with van der Waals surface area (Å²) >= 11 is 0.963. The maximum Gasteiger partial charge on any atom is 0.418 e. The van der Waals surface area contributed by atoms with E-state index in [4.69, 9.17) is 31.0 Å². The number of nitrogens with two attached hydrogens (primary N) is 2. The van der Waals surface area contributed by atoms with Gasteiger partial charge in [-0.1, -0.05) is 5.16 Å². The van der Waals surface area contributed by atoms with Gasteiger partial charge in [0, 0.05) is 30.7 Å². The third-order valence-electron chi connectivity index (χ3n) is 8.55. The number of fused-ring (bicyclic) bond motifs is 1. The van der Waals surface area contributed by atoms with E-state index in [9.17, 15) is 27.9 Å². The zero-order valence-corrected chi connectivity index (χ0v) is 29.1. The number of rotatable bonds is 13. The van der Waals surface area contributed by atoms with E-state index in [1.165, 1.54) is 26.2 Å². The first-order valence-electron chi connectivity index (χ1n) is 15.2. The molecule has 2 aliphatic heterocycles. The zero-order chi connectivity index (χ0) is 36.8. The van der Waals surface area contributed by atoms with Crippen molar-refractivity contribution in [3.8, 4) is 17.0 Å². The van der Waals surface area contributed by atoms with Gasteiger partial charge in [0.25, 0.3) is 17.4 Å². The number of thiazole rings is 1. The van der Waals surface area contributed by atoms with Gasteiger partial charge in [-0.3, -0.25) is 19.6 Å². The minimum Gasteiger partial charge on any atom is -0.485 e. The quantitative estimate of drug-likeness (QED) is 0.0591. The second-order valence-corrected chi connectivity index (χ2v) is 14.3. The molecular weight excluding hydrogens is 699 g/mol. The Morgan fingerprint density at radius 3 is 2.66 bits per heavy atom. The fraction of sp³-hybridized carbons (Fsp3) is 0.448. The summed E-state index contributed by atoms with van der Waals surface area (Å²) in [5, 5.41) is 26.9. The van der Waals surface area contributed by atoms with E-state index in [1.54, 1.807) is 17.7 Å². The molecule has 2 unspecified atom stereocenters. The van der Waals surface area contributed by atoms with E-state index in [-0.39, 0.29) is 17.2 Å². The van der Waals surface area contributed by atoms with Crippen LogP contribution in [-0.4, -0.2) is 90.6 Å². The second kappa shape index (κ2) is 13.5. The Morgan fingerprint density at radius 2 is 2.06 bits per heavy atom. The highest BCUT2D eigenvalue weighted by molar-refractivity contribution is 7.80. The molecule has 0 bridgehead atoms. The normalized spacial score (nSPS) is 19.9. The minimum atomic E-state index is -5.03. The number of hydrogen-bond acceptors (Lipinski definition) is 14. The number of hydroxylamine groups is 2. The molecule has 21 heteroatoms. The number of hydrogen-bond donors (Lipinski definition) is 6. The lowest BCUT2D eigenvalue weighted by Crippen LogP contribution is -2.76. The third kappa shape index (κ3) is 6.94. The topological polar surface area (TPSA) is 280 Å². The molecule has 2 aliphatic rings. The monoisotopic (exact) mass is 735 g/mol. The lowest BCUT2D eigenvalue weighted by molar-refractivity contribution is -0.218. The number of carboxylic acid groups (broad SMARTS) is 1. The van der Waals surface area contributed by atoms with Gasteiger partial charge < -0.3 is 40.6 Å². The molecule has 50 heavy (non-hydrogen) atoms. The number of imidazole rings is 1. The van der Waals surface area contributed by atoms with E-state index >= 15 is 0 Å². The van der Waals surface area contributed by atoms with Crippen molar-refractivity contribution in [2.45, 2.75) is 69.9 Å². The molecule has 1 aromatic carbocycles. The number of anilines is 1. The highest BCUT2D eigenvalue weighted by Gasteiger charge is 2.58. The van der Waals surface area contributed by atoms with Gasteiger partial charge in [0.15, 0.2) is 16.9 Å². The van der Waals surface area contributed by atoms with Crippen molar-refractivity contribution in [3.05, 3.63) is 46.7 Å². The van der Waals surface area contributed by atoms with Gasteiger partial charge in [-0.05, 0) is 70.3 Å². The largest absolute Gasteiger partial charge is 0.485 e. The first kappa shape index (κ1) is 36.5. The van der Waals surface area contributed by atoms with Gasteiger partial charge in [-0.2, -0.15) is 13.5 Å². The number of benzene rings is 1. The van der Waals surface area contributed by atoms with Crippen LogP contribution in [0.5, 0.6) is 5.75 Å². The second-order valence-electron chi connectivity index (χ2n) is 12.4. The summed E-state index contributed by atoms with van der Waals surface area (Å²) < 4.78 is 45.4. The summed E-state index contributed by atoms with van der Waals surface area (Å²) in [5.74, 6) is -3.04. The standard InChI is InChI=1S/C29H37N9O10S2/c1-28(2)22(24(40)38(28)48-50(43,44)45)34-23(39)21(17-14-49-26(31)33-17)35-47-29(3,25(41)42)20-9-7-16-12-15(6-8-19(16)46-20)18-13-36(4)27(32)37(18)11-5-10-30/h6,8,12-14,20,22,32H,5,7,9-11,30H2,1-4H3,(H2,31,33)(H,34,39)(H,41,42)(H,43,44,45)/b32-27?,35-21-/t20?,22?,29-/m1/s1. The molecule has 0 aliphatic carbocycles. The Morgan fingerprint density at radius 1 is 1.34 bits per heavy atom. The highest BCUT2D eigenvalue weighted by Crippen LogP contribution is 2.37. The molecule has 270 valence electrons. The molecule has 8 N–H and O–H groups in total. The van der Waals surface area contributed by atoms with Gasteiger partial charge in [-0.15, -0.1) is 15.6 Å². The molecular formula is C29H37N9O10S2. The molecule has 0 saturated carbocycles. The van der Waals surface area contributed by atoms with Crippen molar-refractivity contribution in [1.82, 2.24) is 24.5 Å². The number of carbonyl (C=O) groups is 3. The van der Waals surface area contributed by atoms with Crippen LogP contribution in [0.1, 0.15) is 44.9 Å². The average molecular weight is 736 g/mol. The fourth-order valence-electron chi connectivity index (χ4n) is 5.66. The van der Waals surface area contributed by atoms with Gasteiger partial charge in [-0.25, -0.2) is 9.78 Å². The third-order valence-corrected chi connectivity index (χ3v) is 9.56. The van der Waals surface area contributed by atoms with Crippen LogP contribution in [-0.2, 0) is 53.9 Å². The van der Waals surface area contributed by atoms with E-state index in [0.717, 1.165) is 28.2 Å². The molecule has 5 rings (SSSR count). The van der Waals surface area contributed by atoms with Gasteiger partial charge in [0.1, 0.15) is 17.5 Å². The lowest BCUT2D eigenvalue weighted by atomic mass is 9.84. The molecule has 4 heterocycles. The van der Waals surface area contributed by atoms with Crippen LogP contribution in [0, 0.1) is 5.41 Å². The van der Waals surface area contributed by atoms with Crippen molar-refractivity contribution in [2.24, 2.45) is 17.9 Å². The number of aromatic nitrogens is 3. The summed E-state index contributed by atoms with van der Waals surface area (Å²) in [5.41, 5.74) is 10.1. The number of nitrogens with zero attached hydrogens (tertiary/aromatic N) is 5. The van der Waals surface area contributed by atoms with E-state index < -0.39 is 57.2 Å². The molecule has 0 spiro atoms. The lowest BCUT2D eigenvalue weighted by Gasteiger charge is -2.50. The number of β-lactam (4-membered cyclic amide) rings is 1. The Labute approximate surface area is 289 Å². The number of oxime groups is 1. The number of nitrogens with one attached hydrogen (secondary N) is 2. The predicted octanol–water partition coefficient (Wildman–Crippen LogP) is 0.158. The molecule has 1 saturated heterocycles. The van der Waals surface area contributed by atoms with Crippen molar-refractivity contribution in [3.63, 3.8) is 0 Å². The summed E-state index contributed by atoms with van der Waals surface area (Å²) in [7, 11) is -3.25. The summed E-state index contributed by atoms with van der Waals surface area (Å²) in [6.45, 7) is 5.03. The average Bonchev–Trinajstić information content (AvgIpc) is 3.61. The molecule has 3 atom stereocenters. The fourth-order valence-corrected chi connectivity index (χ4v) is 6.66. The summed E-state index contributed by atoms with van der Waals surface area (Å²) in [6.07, 6.45) is 2.08. The van der Waals surface area contributed by atoms with Crippen molar-refractivity contribution in [2.75, 3.05) is 12.3 Å². The summed E-state index contributed by atoms with van der Waals surface area (Å²) in [6, 6.07) is 4.12. The number of aryl methyl sites for hydroxylation is 2. The van der Waals surface area contributed by atoms with Crippen molar-refractivity contribution in [1.29, 1.82) is 5.41 Å². The van der Waals surface area contributed by atoms with Crippen LogP contribution in [0.2, 0.25) is 0 Å². The zero-order valence-electron chi connectivity index (χ0n) is 27.4. The first-order chi connectivity index (χ1) is 23.4. The molecule has 2 aromatic heterocycles. The highest BCUT2D eigenvalue weighted by atomic mass is 32.3. The van der Waals surface area contributed by atoms with Crippen molar-refractivity contribution >= 4 is 50.4 Å². The number of amides is 2. The summed E-state index contributed by atoms with van der Waals surface area (Å²) in [4.78, 5) is 48.5. The first-order valence-corrected chi connectivity index (χ1v) is 17.5. The molecule has 3 aromatic rings. The maximum absolute atomic E-state index is 13.5. The Bertz CT molecular complexity index is 2040. The minimum absolute atomic E-state index is 0.0558. The maximum atomic E-state index is 13.5. The number of carbonyl (C=O) groups excluding carboxylic acids is 2. The smallest absolute Gasteiger partial charge is 0.418 e. The molecule has 19 nitrogen and oxygen atoms in total. The van der Waals surface area contributed by atoms with Crippen LogP contribution in [0.15, 0.2) is 34.9 Å². The molecule has 1 fully saturated rings. The van der Waals surface area contributed by atoms with Gasteiger partial charge in [0.2, 0.25) is 5.62 Å². The number of carboxylic acids is 1. The Kier molecular flexibility index (Phi) is 9.82.